The minimum absolute atomic E-state index is 0.249. The molecule has 2 rings (SSSR count). The van der Waals surface area contributed by atoms with E-state index in [-0.39, 0.29) is 6.73 Å². The van der Waals surface area contributed by atoms with Crippen LogP contribution < -0.4 is 5.73 Å². The Balaban J connectivity index is 2.36. The van der Waals surface area contributed by atoms with Gasteiger partial charge in [0, 0.05) is 24.3 Å². The normalized spacial score (nSPS) is 12.4. The molecule has 5 nitrogen and oxygen atoms in total. The molecule has 0 aliphatic rings. The molecule has 0 aromatic heterocycles. The van der Waals surface area contributed by atoms with Crippen molar-refractivity contribution in [2.45, 2.75) is 6.92 Å². The highest BCUT2D eigenvalue weighted by Gasteiger charge is 2.14. The van der Waals surface area contributed by atoms with Crippen molar-refractivity contribution in [1.82, 2.24) is 0 Å². The average molecular weight is 353 g/mol. The number of nitrogens with zero attached hydrogens (tertiary/aromatic N) is 2. The predicted molar refractivity (Wildman–Crippen MR) is 107 cm³/mol. The van der Waals surface area contributed by atoms with E-state index in [4.69, 9.17) is 20.2 Å². The molecule has 0 aliphatic carbocycles. The molecule has 0 unspecified atom stereocenters. The number of rotatable bonds is 11. The van der Waals surface area contributed by atoms with E-state index in [0.717, 1.165) is 22.6 Å². The topological polar surface area (TPSA) is 69.2 Å². The van der Waals surface area contributed by atoms with Crippen LogP contribution in [0.5, 0.6) is 0 Å². The zero-order valence-electron chi connectivity index (χ0n) is 15.3. The average Bonchev–Trinajstić information content (AvgIpc) is 2.70. The minimum atomic E-state index is 0.249. The van der Waals surface area contributed by atoms with E-state index in [2.05, 4.69) is 4.99 Å². The lowest BCUT2D eigenvalue weighted by Crippen LogP contribution is -2.20. The Kier molecular flexibility index (Phi) is 9.29. The molecule has 0 bridgehead atoms. The summed E-state index contributed by atoms with van der Waals surface area (Å²) in [5.41, 5.74) is 9.16. The van der Waals surface area contributed by atoms with E-state index < -0.39 is 0 Å². The van der Waals surface area contributed by atoms with Crippen molar-refractivity contribution in [2.75, 3.05) is 39.6 Å². The number of benzene rings is 2. The van der Waals surface area contributed by atoms with Gasteiger partial charge in [-0.2, -0.15) is 0 Å². The number of hydrogen-bond acceptors (Lipinski definition) is 5. The fraction of sp³-hybridized carbons (Fsp3) is 0.333. The Bertz CT molecular complexity index is 623. The molecule has 5 heteroatoms. The molecule has 0 heterocycles. The van der Waals surface area contributed by atoms with Gasteiger partial charge in [0.15, 0.2) is 0 Å². The van der Waals surface area contributed by atoms with Crippen LogP contribution in [0.4, 0.5) is 0 Å². The fourth-order valence-corrected chi connectivity index (χ4v) is 2.42. The quantitative estimate of drug-likeness (QED) is 0.499. The van der Waals surface area contributed by atoms with Gasteiger partial charge in [0.25, 0.3) is 0 Å². The molecule has 2 N–H and O–H groups in total. The van der Waals surface area contributed by atoms with Crippen LogP contribution >= 0.6 is 0 Å². The minimum Gasteiger partial charge on any atom is -0.380 e. The van der Waals surface area contributed by atoms with Gasteiger partial charge < -0.3 is 15.2 Å². The van der Waals surface area contributed by atoms with Gasteiger partial charge in [0.1, 0.15) is 6.73 Å². The third-order valence-electron chi connectivity index (χ3n) is 3.60. The highest BCUT2D eigenvalue weighted by molar-refractivity contribution is 6.53. The highest BCUT2D eigenvalue weighted by atomic mass is 16.5. The first-order chi connectivity index (χ1) is 12.9. The molecule has 0 atom stereocenters. The monoisotopic (exact) mass is 353 g/mol. The van der Waals surface area contributed by atoms with Crippen molar-refractivity contribution < 1.29 is 9.47 Å². The summed E-state index contributed by atoms with van der Waals surface area (Å²) in [6.45, 7) is 5.03. The number of aliphatic imine (C=N–C) groups is 2. The predicted octanol–water partition coefficient (Wildman–Crippen LogP) is 2.93. The Labute approximate surface area is 155 Å². The van der Waals surface area contributed by atoms with Crippen molar-refractivity contribution >= 4 is 11.4 Å². The molecular weight excluding hydrogens is 326 g/mol. The Hall–Kier alpha value is -2.34. The first-order valence-electron chi connectivity index (χ1n) is 8.92. The second kappa shape index (κ2) is 12.1. The molecule has 0 fully saturated rings. The summed E-state index contributed by atoms with van der Waals surface area (Å²) in [5.74, 6) is 0. The smallest absolute Gasteiger partial charge is 0.138 e. The van der Waals surface area contributed by atoms with Crippen LogP contribution in [0.2, 0.25) is 0 Å². The van der Waals surface area contributed by atoms with Gasteiger partial charge >= 0.3 is 0 Å². The Morgan fingerprint density at radius 2 is 1.38 bits per heavy atom. The molecule has 2 aromatic carbocycles. The first kappa shape index (κ1) is 20.0. The van der Waals surface area contributed by atoms with E-state index in [0.29, 0.717) is 32.9 Å². The molecule has 138 valence electrons. The third-order valence-corrected chi connectivity index (χ3v) is 3.60. The van der Waals surface area contributed by atoms with Crippen molar-refractivity contribution in [2.24, 2.45) is 15.7 Å². The number of hydrogen-bond donors (Lipinski definition) is 1. The summed E-state index contributed by atoms with van der Waals surface area (Å²) in [6, 6.07) is 20.1. The molecule has 0 saturated heterocycles. The maximum Gasteiger partial charge on any atom is 0.138 e. The lowest BCUT2D eigenvalue weighted by atomic mass is 9.99. The second-order valence-electron chi connectivity index (χ2n) is 5.49. The van der Waals surface area contributed by atoms with E-state index in [9.17, 15) is 0 Å². The van der Waals surface area contributed by atoms with E-state index in [1.165, 1.54) is 0 Å². The molecule has 26 heavy (non-hydrogen) atoms. The Morgan fingerprint density at radius 1 is 0.808 bits per heavy atom. The standard InChI is InChI=1S/C21H27N3O2/c1-2-25-16-14-23-20(18-9-5-3-6-10-18)21(24-17-26-15-13-22)19-11-7-4-8-12-19/h3-12H,2,13-17,22H2,1H3/b23-20+,24-21+. The summed E-state index contributed by atoms with van der Waals surface area (Å²) in [4.78, 5) is 9.46. The summed E-state index contributed by atoms with van der Waals surface area (Å²) < 4.78 is 10.9. The van der Waals surface area contributed by atoms with E-state index in [1.807, 2.05) is 67.6 Å². The van der Waals surface area contributed by atoms with Crippen LogP contribution in [0, 0.1) is 0 Å². The van der Waals surface area contributed by atoms with Crippen LogP contribution in [0.15, 0.2) is 70.6 Å². The number of nitrogens with two attached hydrogens (primary N) is 1. The largest absolute Gasteiger partial charge is 0.380 e. The van der Waals surface area contributed by atoms with Gasteiger partial charge in [-0.05, 0) is 6.92 Å². The Morgan fingerprint density at radius 3 is 1.92 bits per heavy atom. The van der Waals surface area contributed by atoms with Crippen molar-refractivity contribution in [3.63, 3.8) is 0 Å². The second-order valence-corrected chi connectivity index (χ2v) is 5.49. The third kappa shape index (κ3) is 6.52. The zero-order valence-corrected chi connectivity index (χ0v) is 15.3. The molecular formula is C21H27N3O2. The lowest BCUT2D eigenvalue weighted by molar-refractivity contribution is 0.150. The van der Waals surface area contributed by atoms with Gasteiger partial charge in [0.2, 0.25) is 0 Å². The molecule has 2 aromatic rings. The van der Waals surface area contributed by atoms with Crippen LogP contribution in [0.1, 0.15) is 18.1 Å². The maximum atomic E-state index is 5.49. The van der Waals surface area contributed by atoms with Gasteiger partial charge in [-0.15, -0.1) is 0 Å². The first-order valence-corrected chi connectivity index (χ1v) is 8.92. The molecule has 0 saturated carbocycles. The van der Waals surface area contributed by atoms with E-state index in [1.54, 1.807) is 0 Å². The summed E-state index contributed by atoms with van der Waals surface area (Å²) >= 11 is 0. The lowest BCUT2D eigenvalue weighted by Gasteiger charge is -2.12. The highest BCUT2D eigenvalue weighted by Crippen LogP contribution is 2.11. The molecule has 0 aliphatic heterocycles. The van der Waals surface area contributed by atoms with Gasteiger partial charge in [-0.1, -0.05) is 60.7 Å². The maximum absolute atomic E-state index is 5.49. The molecule has 0 amide bonds. The fourth-order valence-electron chi connectivity index (χ4n) is 2.42. The summed E-state index contributed by atoms with van der Waals surface area (Å²) in [5, 5.41) is 0. The van der Waals surface area contributed by atoms with Gasteiger partial charge in [0.05, 0.1) is 31.2 Å². The van der Waals surface area contributed by atoms with Gasteiger partial charge in [-0.3, -0.25) is 9.98 Å². The van der Waals surface area contributed by atoms with Gasteiger partial charge in [-0.25, -0.2) is 0 Å². The van der Waals surface area contributed by atoms with Crippen molar-refractivity contribution in [3.8, 4) is 0 Å². The van der Waals surface area contributed by atoms with Crippen LogP contribution in [0.3, 0.4) is 0 Å². The summed E-state index contributed by atoms with van der Waals surface area (Å²) in [7, 11) is 0. The SMILES string of the molecule is CCOCC/N=C(/C(=N/COCCN)c1ccccc1)c1ccccc1. The van der Waals surface area contributed by atoms with Crippen molar-refractivity contribution in [3.05, 3.63) is 71.8 Å². The van der Waals surface area contributed by atoms with E-state index >= 15 is 0 Å². The molecule has 0 spiro atoms. The zero-order chi connectivity index (χ0) is 18.5. The van der Waals surface area contributed by atoms with Crippen molar-refractivity contribution in [1.29, 1.82) is 0 Å². The summed E-state index contributed by atoms with van der Waals surface area (Å²) in [6.07, 6.45) is 0. The van der Waals surface area contributed by atoms with Crippen LogP contribution in [-0.4, -0.2) is 51.1 Å². The van der Waals surface area contributed by atoms with Crippen LogP contribution in [-0.2, 0) is 9.47 Å². The number of ether oxygens (including phenoxy) is 2. The van der Waals surface area contributed by atoms with Crippen LogP contribution in [0.25, 0.3) is 0 Å². The molecule has 0 radical (unpaired) electrons.